The summed E-state index contributed by atoms with van der Waals surface area (Å²) in [5.41, 5.74) is -1.02. The van der Waals surface area contributed by atoms with Gasteiger partial charge in [-0.3, -0.25) is 9.78 Å². The van der Waals surface area contributed by atoms with Gasteiger partial charge in [-0.15, -0.1) is 0 Å². The van der Waals surface area contributed by atoms with E-state index in [0.29, 0.717) is 0 Å². The Bertz CT molecular complexity index is 412. The predicted octanol–water partition coefficient (Wildman–Crippen LogP) is 2.53. The number of methoxy groups -OCH3 is 1. The van der Waals surface area contributed by atoms with Gasteiger partial charge >= 0.3 is 5.97 Å². The Labute approximate surface area is 94.2 Å². The molecular formula is C9H7ClF3NO2. The van der Waals surface area contributed by atoms with Gasteiger partial charge in [0, 0.05) is 6.20 Å². The second-order valence-corrected chi connectivity index (χ2v) is 3.22. The molecule has 0 saturated carbocycles. The van der Waals surface area contributed by atoms with Crippen LogP contribution in [0, 0.1) is 5.82 Å². The number of esters is 1. The van der Waals surface area contributed by atoms with E-state index in [4.69, 9.17) is 11.6 Å². The minimum atomic E-state index is -2.92. The van der Waals surface area contributed by atoms with Crippen LogP contribution in [0.1, 0.15) is 17.7 Å². The molecule has 1 aromatic rings. The molecule has 0 amide bonds. The molecule has 0 spiro atoms. The standard InChI is InChI=1S/C9H7ClF3NO2/c1-16-6(15)2-5-8(11)7(10)4(3-14-5)9(12)13/h3,9H,2H2,1H3. The highest BCUT2D eigenvalue weighted by Crippen LogP contribution is 2.29. The number of nitrogens with zero attached hydrogens (tertiary/aromatic N) is 1. The maximum Gasteiger partial charge on any atom is 0.311 e. The molecule has 1 rings (SSSR count). The molecule has 7 heteroatoms. The second kappa shape index (κ2) is 5.16. The van der Waals surface area contributed by atoms with Crippen LogP contribution in [-0.4, -0.2) is 18.1 Å². The van der Waals surface area contributed by atoms with Gasteiger partial charge in [-0.2, -0.15) is 0 Å². The molecule has 88 valence electrons. The highest BCUT2D eigenvalue weighted by atomic mass is 35.5. The molecule has 0 N–H and O–H groups in total. The van der Waals surface area contributed by atoms with E-state index in [-0.39, 0.29) is 5.69 Å². The fourth-order valence-corrected chi connectivity index (χ4v) is 1.24. The third-order valence-corrected chi connectivity index (χ3v) is 2.22. The molecule has 0 saturated heterocycles. The Balaban J connectivity index is 3.07. The maximum atomic E-state index is 13.4. The van der Waals surface area contributed by atoms with Crippen LogP contribution in [0.5, 0.6) is 0 Å². The first-order valence-corrected chi connectivity index (χ1v) is 4.53. The minimum Gasteiger partial charge on any atom is -0.469 e. The highest BCUT2D eigenvalue weighted by Gasteiger charge is 2.20. The van der Waals surface area contributed by atoms with E-state index < -0.39 is 35.2 Å². The van der Waals surface area contributed by atoms with Gasteiger partial charge in [0.1, 0.15) is 0 Å². The van der Waals surface area contributed by atoms with Crippen molar-refractivity contribution >= 4 is 17.6 Å². The Morgan fingerprint density at radius 2 is 2.25 bits per heavy atom. The van der Waals surface area contributed by atoms with Gasteiger partial charge in [0.25, 0.3) is 6.43 Å². The summed E-state index contributed by atoms with van der Waals surface area (Å²) in [5.74, 6) is -1.85. The Morgan fingerprint density at radius 3 is 2.75 bits per heavy atom. The molecule has 16 heavy (non-hydrogen) atoms. The number of carbonyl (C=O) groups is 1. The number of hydrogen-bond acceptors (Lipinski definition) is 3. The van der Waals surface area contributed by atoms with Crippen molar-refractivity contribution in [2.24, 2.45) is 0 Å². The molecule has 0 atom stereocenters. The number of hydrogen-bond donors (Lipinski definition) is 0. The predicted molar refractivity (Wildman–Crippen MR) is 49.9 cm³/mol. The van der Waals surface area contributed by atoms with Crippen molar-refractivity contribution in [3.05, 3.63) is 28.3 Å². The molecule has 0 fully saturated rings. The van der Waals surface area contributed by atoms with Crippen molar-refractivity contribution < 1.29 is 22.7 Å². The Morgan fingerprint density at radius 1 is 1.62 bits per heavy atom. The number of aromatic nitrogens is 1. The van der Waals surface area contributed by atoms with Crippen LogP contribution < -0.4 is 0 Å². The molecule has 1 aromatic heterocycles. The van der Waals surface area contributed by atoms with Crippen LogP contribution in [0.2, 0.25) is 5.02 Å². The summed E-state index contributed by atoms with van der Waals surface area (Å²) in [6, 6.07) is 0. The summed E-state index contributed by atoms with van der Waals surface area (Å²) in [7, 11) is 1.12. The third kappa shape index (κ3) is 2.63. The number of ether oxygens (including phenoxy) is 1. The number of halogens is 4. The van der Waals surface area contributed by atoms with E-state index in [9.17, 15) is 18.0 Å². The lowest BCUT2D eigenvalue weighted by Crippen LogP contribution is -2.09. The van der Waals surface area contributed by atoms with Crippen molar-refractivity contribution in [2.45, 2.75) is 12.8 Å². The first kappa shape index (κ1) is 12.8. The lowest BCUT2D eigenvalue weighted by Gasteiger charge is -2.06. The normalized spacial score (nSPS) is 10.6. The monoisotopic (exact) mass is 253 g/mol. The lowest BCUT2D eigenvalue weighted by atomic mass is 10.2. The largest absolute Gasteiger partial charge is 0.469 e. The van der Waals surface area contributed by atoms with Crippen molar-refractivity contribution in [2.75, 3.05) is 7.11 Å². The summed E-state index contributed by atoms with van der Waals surface area (Å²) in [5, 5.41) is -0.719. The summed E-state index contributed by atoms with van der Waals surface area (Å²) in [4.78, 5) is 14.3. The van der Waals surface area contributed by atoms with Crippen LogP contribution in [0.15, 0.2) is 6.20 Å². The zero-order chi connectivity index (χ0) is 12.3. The molecule has 0 aliphatic carbocycles. The zero-order valence-electron chi connectivity index (χ0n) is 8.14. The molecule has 3 nitrogen and oxygen atoms in total. The molecule has 0 bridgehead atoms. The number of rotatable bonds is 3. The molecule has 0 unspecified atom stereocenters. The quantitative estimate of drug-likeness (QED) is 0.777. The number of pyridine rings is 1. The average Bonchev–Trinajstić information content (AvgIpc) is 2.24. The van der Waals surface area contributed by atoms with E-state index in [1.807, 2.05) is 0 Å². The summed E-state index contributed by atoms with van der Waals surface area (Å²) in [6.45, 7) is 0. The van der Waals surface area contributed by atoms with Crippen LogP contribution in [-0.2, 0) is 16.0 Å². The first-order valence-electron chi connectivity index (χ1n) is 4.15. The van der Waals surface area contributed by atoms with Crippen molar-refractivity contribution in [1.82, 2.24) is 4.98 Å². The molecule has 1 heterocycles. The fourth-order valence-electron chi connectivity index (χ4n) is 0.998. The van der Waals surface area contributed by atoms with Gasteiger partial charge in [-0.05, 0) is 0 Å². The first-order chi connectivity index (χ1) is 7.47. The van der Waals surface area contributed by atoms with Crippen LogP contribution in [0.3, 0.4) is 0 Å². The summed E-state index contributed by atoms with van der Waals surface area (Å²) < 4.78 is 42.2. The fraction of sp³-hybridized carbons (Fsp3) is 0.333. The SMILES string of the molecule is COC(=O)Cc1ncc(C(F)F)c(Cl)c1F. The Hall–Kier alpha value is -1.30. The van der Waals surface area contributed by atoms with Crippen molar-refractivity contribution in [1.29, 1.82) is 0 Å². The summed E-state index contributed by atoms with van der Waals surface area (Å²) in [6.07, 6.45) is -2.62. The lowest BCUT2D eigenvalue weighted by molar-refractivity contribution is -0.139. The van der Waals surface area contributed by atoms with Crippen molar-refractivity contribution in [3.63, 3.8) is 0 Å². The van der Waals surface area contributed by atoms with Crippen LogP contribution in [0.4, 0.5) is 13.2 Å². The molecule has 0 aliphatic heterocycles. The second-order valence-electron chi connectivity index (χ2n) is 2.84. The van der Waals surface area contributed by atoms with E-state index >= 15 is 0 Å². The maximum absolute atomic E-state index is 13.4. The van der Waals surface area contributed by atoms with Gasteiger partial charge < -0.3 is 4.74 Å². The molecule has 0 aliphatic rings. The van der Waals surface area contributed by atoms with E-state index in [2.05, 4.69) is 9.72 Å². The Kier molecular flexibility index (Phi) is 4.12. The third-order valence-electron chi connectivity index (χ3n) is 1.83. The van der Waals surface area contributed by atoms with Gasteiger partial charge in [0.05, 0.1) is 29.8 Å². The van der Waals surface area contributed by atoms with Gasteiger partial charge in [0.15, 0.2) is 5.82 Å². The minimum absolute atomic E-state index is 0.318. The van der Waals surface area contributed by atoms with Crippen LogP contribution >= 0.6 is 11.6 Å². The highest BCUT2D eigenvalue weighted by molar-refractivity contribution is 6.31. The smallest absolute Gasteiger partial charge is 0.311 e. The van der Waals surface area contributed by atoms with E-state index in [0.717, 1.165) is 13.3 Å². The van der Waals surface area contributed by atoms with Crippen LogP contribution in [0.25, 0.3) is 0 Å². The van der Waals surface area contributed by atoms with E-state index in [1.54, 1.807) is 0 Å². The molecule has 0 aromatic carbocycles. The number of alkyl halides is 2. The zero-order valence-corrected chi connectivity index (χ0v) is 8.89. The van der Waals surface area contributed by atoms with Gasteiger partial charge in [0.2, 0.25) is 0 Å². The summed E-state index contributed by atoms with van der Waals surface area (Å²) >= 11 is 5.37. The average molecular weight is 254 g/mol. The number of carbonyl (C=O) groups excluding carboxylic acids is 1. The van der Waals surface area contributed by atoms with E-state index in [1.165, 1.54) is 0 Å². The molecule has 0 radical (unpaired) electrons. The topological polar surface area (TPSA) is 39.2 Å². The van der Waals surface area contributed by atoms with Crippen molar-refractivity contribution in [3.8, 4) is 0 Å². The van der Waals surface area contributed by atoms with Gasteiger partial charge in [-0.1, -0.05) is 11.6 Å². The van der Waals surface area contributed by atoms with Gasteiger partial charge in [-0.25, -0.2) is 13.2 Å². The molecular weight excluding hydrogens is 247 g/mol.